The van der Waals surface area contributed by atoms with Crippen molar-refractivity contribution in [2.75, 3.05) is 0 Å². The van der Waals surface area contributed by atoms with Crippen LogP contribution >= 0.6 is 0 Å². The van der Waals surface area contributed by atoms with Gasteiger partial charge >= 0.3 is 0 Å². The van der Waals surface area contributed by atoms with Gasteiger partial charge in [0.05, 0.1) is 11.7 Å². The van der Waals surface area contributed by atoms with Crippen LogP contribution in [-0.4, -0.2) is 18.4 Å². The highest BCUT2D eigenvalue weighted by Gasteiger charge is 2.29. The van der Waals surface area contributed by atoms with Crippen LogP contribution in [0.3, 0.4) is 0 Å². The molecule has 4 nitrogen and oxygen atoms in total. The molecule has 2 aliphatic carbocycles. The molecule has 1 N–H and O–H groups in total. The summed E-state index contributed by atoms with van der Waals surface area (Å²) >= 11 is 0. The standard InChI is InChI=1S/C23H24FNO3/c24-19-12-4-10-17(21(19)15-6-3-7-15)22-18(23(27)25-14-26)11-5-13-20(22)28-16-8-1-2-9-16/h4-5,10-16H,1-3,6-9H2,(H,25,26,27). The van der Waals surface area contributed by atoms with Gasteiger partial charge in [-0.2, -0.15) is 0 Å². The SMILES string of the molecule is O=CNC(=O)c1cccc(OC2CCCC2)c1-c1cccc(F)c1C1CCC1. The number of carbonyl (C=O) groups is 2. The fraction of sp³-hybridized carbons (Fsp3) is 0.391. The summed E-state index contributed by atoms with van der Waals surface area (Å²) in [5.74, 6) is -0.0281. The number of hydrogen-bond acceptors (Lipinski definition) is 3. The summed E-state index contributed by atoms with van der Waals surface area (Å²) in [4.78, 5) is 23.4. The second kappa shape index (κ2) is 8.13. The van der Waals surface area contributed by atoms with Crippen molar-refractivity contribution in [3.8, 4) is 16.9 Å². The molecule has 0 saturated heterocycles. The molecule has 0 radical (unpaired) electrons. The molecule has 2 aromatic rings. The molecule has 0 unspecified atom stereocenters. The average molecular weight is 381 g/mol. The van der Waals surface area contributed by atoms with Crippen LogP contribution in [0.15, 0.2) is 36.4 Å². The van der Waals surface area contributed by atoms with Gasteiger partial charge in [0.15, 0.2) is 0 Å². The maximum absolute atomic E-state index is 14.8. The predicted octanol–water partition coefficient (Wildman–Crippen LogP) is 4.97. The molecule has 0 heterocycles. The molecular formula is C23H24FNO3. The third-order valence-corrected chi connectivity index (χ3v) is 5.89. The van der Waals surface area contributed by atoms with Gasteiger partial charge in [-0.25, -0.2) is 4.39 Å². The number of hydrogen-bond donors (Lipinski definition) is 1. The Morgan fingerprint density at radius 2 is 1.79 bits per heavy atom. The monoisotopic (exact) mass is 381 g/mol. The number of nitrogens with one attached hydrogen (secondary N) is 1. The van der Waals surface area contributed by atoms with Crippen LogP contribution in [0.5, 0.6) is 5.75 Å². The van der Waals surface area contributed by atoms with Gasteiger partial charge in [0.25, 0.3) is 5.91 Å². The molecule has 0 aliphatic heterocycles. The van der Waals surface area contributed by atoms with Crippen LogP contribution in [0, 0.1) is 5.82 Å². The first-order valence-electron chi connectivity index (χ1n) is 10.0. The van der Waals surface area contributed by atoms with Gasteiger partial charge in [-0.3, -0.25) is 14.9 Å². The van der Waals surface area contributed by atoms with E-state index in [9.17, 15) is 14.0 Å². The molecular weight excluding hydrogens is 357 g/mol. The van der Waals surface area contributed by atoms with Crippen molar-refractivity contribution in [3.63, 3.8) is 0 Å². The molecule has 0 bridgehead atoms. The molecule has 5 heteroatoms. The topological polar surface area (TPSA) is 55.4 Å². The van der Waals surface area contributed by atoms with Crippen LogP contribution < -0.4 is 10.1 Å². The van der Waals surface area contributed by atoms with Gasteiger partial charge in [0.1, 0.15) is 11.6 Å². The van der Waals surface area contributed by atoms with Crippen LogP contribution in [0.4, 0.5) is 4.39 Å². The van der Waals surface area contributed by atoms with Crippen LogP contribution in [0.25, 0.3) is 11.1 Å². The normalized spacial score (nSPS) is 17.2. The number of carbonyl (C=O) groups excluding carboxylic acids is 2. The number of amides is 2. The minimum absolute atomic E-state index is 0.101. The maximum atomic E-state index is 14.8. The van der Waals surface area contributed by atoms with Crippen LogP contribution in [-0.2, 0) is 4.79 Å². The van der Waals surface area contributed by atoms with Crippen molar-refractivity contribution < 1.29 is 18.7 Å². The van der Waals surface area contributed by atoms with E-state index >= 15 is 0 Å². The minimum atomic E-state index is -0.509. The van der Waals surface area contributed by atoms with E-state index < -0.39 is 5.91 Å². The summed E-state index contributed by atoms with van der Waals surface area (Å²) in [6.45, 7) is 0. The molecule has 0 aromatic heterocycles. The molecule has 146 valence electrons. The lowest BCUT2D eigenvalue weighted by molar-refractivity contribution is -0.108. The molecule has 0 spiro atoms. The lowest BCUT2D eigenvalue weighted by atomic mass is 9.76. The summed E-state index contributed by atoms with van der Waals surface area (Å²) in [5.41, 5.74) is 2.25. The first kappa shape index (κ1) is 18.7. The summed E-state index contributed by atoms with van der Waals surface area (Å²) in [7, 11) is 0. The van der Waals surface area contributed by atoms with Gasteiger partial charge in [0, 0.05) is 5.56 Å². The van der Waals surface area contributed by atoms with E-state index in [-0.39, 0.29) is 17.8 Å². The van der Waals surface area contributed by atoms with E-state index in [1.165, 1.54) is 6.07 Å². The lowest BCUT2D eigenvalue weighted by Crippen LogP contribution is -2.23. The Hall–Kier alpha value is -2.69. The van der Waals surface area contributed by atoms with E-state index in [4.69, 9.17) is 4.74 Å². The predicted molar refractivity (Wildman–Crippen MR) is 105 cm³/mol. The van der Waals surface area contributed by atoms with Crippen molar-refractivity contribution in [3.05, 3.63) is 53.3 Å². The molecule has 2 saturated carbocycles. The van der Waals surface area contributed by atoms with Crippen molar-refractivity contribution in [2.45, 2.75) is 57.0 Å². The number of rotatable bonds is 6. The average Bonchev–Trinajstić information content (AvgIpc) is 3.15. The third-order valence-electron chi connectivity index (χ3n) is 5.89. The number of imide groups is 1. The smallest absolute Gasteiger partial charge is 0.258 e. The summed E-state index contributed by atoms with van der Waals surface area (Å²) < 4.78 is 21.1. The zero-order valence-electron chi connectivity index (χ0n) is 15.7. The number of benzene rings is 2. The Labute approximate surface area is 164 Å². The Balaban J connectivity index is 1.87. The van der Waals surface area contributed by atoms with Gasteiger partial charge in [-0.1, -0.05) is 24.6 Å². The van der Waals surface area contributed by atoms with E-state index in [0.717, 1.165) is 44.9 Å². The Kier molecular flexibility index (Phi) is 5.42. The van der Waals surface area contributed by atoms with E-state index in [1.54, 1.807) is 18.2 Å². The Morgan fingerprint density at radius 3 is 2.46 bits per heavy atom. The molecule has 2 aliphatic rings. The summed E-state index contributed by atoms with van der Waals surface area (Å²) in [5, 5.41) is 2.22. The van der Waals surface area contributed by atoms with Crippen LogP contribution in [0.2, 0.25) is 0 Å². The first-order chi connectivity index (χ1) is 13.7. The molecule has 2 aromatic carbocycles. The fourth-order valence-corrected chi connectivity index (χ4v) is 4.28. The minimum Gasteiger partial charge on any atom is -0.490 e. The second-order valence-electron chi connectivity index (χ2n) is 7.62. The van der Waals surface area contributed by atoms with Gasteiger partial charge < -0.3 is 4.74 Å². The Morgan fingerprint density at radius 1 is 1.04 bits per heavy atom. The third kappa shape index (κ3) is 3.53. The lowest BCUT2D eigenvalue weighted by Gasteiger charge is -2.29. The van der Waals surface area contributed by atoms with Crippen LogP contribution in [0.1, 0.15) is 66.8 Å². The highest BCUT2D eigenvalue weighted by molar-refractivity contribution is 6.06. The molecule has 28 heavy (non-hydrogen) atoms. The van der Waals surface area contributed by atoms with Gasteiger partial charge in [-0.05, 0) is 73.8 Å². The molecule has 2 fully saturated rings. The van der Waals surface area contributed by atoms with Crippen molar-refractivity contribution in [1.82, 2.24) is 5.32 Å². The largest absolute Gasteiger partial charge is 0.490 e. The molecule has 2 amide bonds. The second-order valence-corrected chi connectivity index (χ2v) is 7.62. The molecule has 0 atom stereocenters. The van der Waals surface area contributed by atoms with Crippen molar-refractivity contribution in [1.29, 1.82) is 0 Å². The number of halogens is 1. The quantitative estimate of drug-likeness (QED) is 0.719. The molecule has 4 rings (SSSR count). The zero-order chi connectivity index (χ0) is 19.5. The highest BCUT2D eigenvalue weighted by Crippen LogP contribution is 2.46. The van der Waals surface area contributed by atoms with E-state index in [1.807, 2.05) is 12.1 Å². The van der Waals surface area contributed by atoms with Gasteiger partial charge in [0.2, 0.25) is 6.41 Å². The van der Waals surface area contributed by atoms with Gasteiger partial charge in [-0.15, -0.1) is 0 Å². The summed E-state index contributed by atoms with van der Waals surface area (Å²) in [6.07, 6.45) is 7.63. The maximum Gasteiger partial charge on any atom is 0.258 e. The summed E-state index contributed by atoms with van der Waals surface area (Å²) in [6, 6.07) is 10.2. The van der Waals surface area contributed by atoms with E-state index in [0.29, 0.717) is 34.4 Å². The highest BCUT2D eigenvalue weighted by atomic mass is 19.1. The zero-order valence-corrected chi connectivity index (χ0v) is 15.7. The number of ether oxygens (including phenoxy) is 1. The van der Waals surface area contributed by atoms with Crippen molar-refractivity contribution >= 4 is 12.3 Å². The van der Waals surface area contributed by atoms with Crippen molar-refractivity contribution in [2.24, 2.45) is 0 Å². The Bertz CT molecular complexity index is 885. The van der Waals surface area contributed by atoms with E-state index in [2.05, 4.69) is 5.32 Å². The first-order valence-corrected chi connectivity index (χ1v) is 10.0. The fourth-order valence-electron chi connectivity index (χ4n) is 4.28.